The zero-order chi connectivity index (χ0) is 53.2. The molecular weight excluding hydrogens is 1130 g/mol. The van der Waals surface area contributed by atoms with Gasteiger partial charge in [0.25, 0.3) is 5.97 Å². The SMILES string of the molecule is CC(C)c1cc(-c2ccccc2)cc(C(C)C)c1N(C(=[N-])c1[c-]ccc2c1oc1cc(-c3ccc(-c4ccccc4)cc3)ccc12)c1cncc(C(C)(C)C)c1.C[Si](C)(C)c1ccc(-c2[c-]cc(C(=O)O)cc2)nc1.[Ir+3]. The third kappa shape index (κ3) is 11.8. The van der Waals surface area contributed by atoms with Gasteiger partial charge in [-0.05, 0) is 101 Å². The number of amidine groups is 1. The maximum absolute atomic E-state index is 12.9. The van der Waals surface area contributed by atoms with Crippen molar-refractivity contribution >= 4 is 58.4 Å². The first-order chi connectivity index (χ1) is 35.8. The summed E-state index contributed by atoms with van der Waals surface area (Å²) < 4.78 is 6.74. The van der Waals surface area contributed by atoms with E-state index < -0.39 is 14.0 Å². The molecule has 0 aliphatic carbocycles. The number of hydrogen-bond acceptors (Lipinski definition) is 4. The van der Waals surface area contributed by atoms with Crippen molar-refractivity contribution in [2.75, 3.05) is 4.90 Å². The number of pyridine rings is 2. The van der Waals surface area contributed by atoms with Crippen LogP contribution in [0.5, 0.6) is 0 Å². The number of carbonyl (C=O) groups is 1. The first kappa shape index (κ1) is 54.7. The molecule has 0 unspecified atom stereocenters. The molecule has 0 aliphatic heterocycles. The summed E-state index contributed by atoms with van der Waals surface area (Å²) in [4.78, 5) is 22.0. The maximum Gasteiger partial charge on any atom is 3.00 e. The fraction of sp³-hybridized carbons (Fsp3) is 0.194. The second-order valence-electron chi connectivity index (χ2n) is 21.8. The van der Waals surface area contributed by atoms with Crippen molar-refractivity contribution < 1.29 is 34.4 Å². The first-order valence-corrected chi connectivity index (χ1v) is 29.2. The van der Waals surface area contributed by atoms with E-state index in [1.165, 1.54) is 22.4 Å². The molecule has 0 saturated carbocycles. The second-order valence-corrected chi connectivity index (χ2v) is 26.9. The Labute approximate surface area is 462 Å². The minimum atomic E-state index is -1.33. The van der Waals surface area contributed by atoms with Crippen LogP contribution in [0.2, 0.25) is 19.6 Å². The number of aromatic carboxylic acids is 1. The van der Waals surface area contributed by atoms with Gasteiger partial charge in [-0.25, -0.2) is 0 Å². The number of furan rings is 1. The van der Waals surface area contributed by atoms with Crippen molar-refractivity contribution in [2.24, 2.45) is 0 Å². The molecule has 10 aromatic rings. The summed E-state index contributed by atoms with van der Waals surface area (Å²) in [5.74, 6) is -0.613. The molecule has 9 heteroatoms. The molecule has 382 valence electrons. The maximum atomic E-state index is 12.9. The number of fused-ring (bicyclic) bond motifs is 3. The first-order valence-electron chi connectivity index (χ1n) is 25.7. The van der Waals surface area contributed by atoms with Crippen LogP contribution >= 0.6 is 0 Å². The minimum Gasteiger partial charge on any atom is -0.520 e. The van der Waals surface area contributed by atoms with Crippen molar-refractivity contribution in [2.45, 2.75) is 85.4 Å². The van der Waals surface area contributed by atoms with E-state index in [2.05, 4.69) is 200 Å². The Morgan fingerprint density at radius 1 is 0.658 bits per heavy atom. The van der Waals surface area contributed by atoms with Crippen LogP contribution in [0, 0.1) is 12.1 Å². The Kier molecular flexibility index (Phi) is 16.4. The molecule has 0 spiro atoms. The molecule has 1 N–H and O–H groups in total. The minimum absolute atomic E-state index is 0. The average Bonchev–Trinajstić information content (AvgIpc) is 3.82. The molecule has 0 fully saturated rings. The topological polar surface area (TPSA) is 102 Å². The Morgan fingerprint density at radius 3 is 1.79 bits per heavy atom. The molecule has 0 amide bonds. The van der Waals surface area contributed by atoms with Crippen LogP contribution in [0.15, 0.2) is 187 Å². The Morgan fingerprint density at radius 2 is 1.25 bits per heavy atom. The molecule has 7 nitrogen and oxygen atoms in total. The molecule has 0 atom stereocenters. The molecule has 7 aromatic carbocycles. The van der Waals surface area contributed by atoms with Crippen LogP contribution in [0.3, 0.4) is 0 Å². The van der Waals surface area contributed by atoms with Gasteiger partial charge in [0.1, 0.15) is 5.58 Å². The summed E-state index contributed by atoms with van der Waals surface area (Å²) in [5, 5.41) is 24.9. The van der Waals surface area contributed by atoms with Gasteiger partial charge in [0, 0.05) is 29.6 Å². The van der Waals surface area contributed by atoms with E-state index in [9.17, 15) is 10.2 Å². The van der Waals surface area contributed by atoms with Crippen molar-refractivity contribution in [1.82, 2.24) is 9.97 Å². The van der Waals surface area contributed by atoms with E-state index in [0.717, 1.165) is 77.9 Å². The van der Waals surface area contributed by atoms with Crippen molar-refractivity contribution in [3.8, 4) is 44.6 Å². The summed E-state index contributed by atoms with van der Waals surface area (Å²) >= 11 is 0. The van der Waals surface area contributed by atoms with Crippen molar-refractivity contribution in [1.29, 1.82) is 0 Å². The largest absolute Gasteiger partial charge is 3.00 e. The van der Waals surface area contributed by atoms with Crippen molar-refractivity contribution in [3.63, 3.8) is 0 Å². The van der Waals surface area contributed by atoms with Crippen LogP contribution in [0.1, 0.15) is 92.9 Å². The zero-order valence-electron chi connectivity index (χ0n) is 44.9. The van der Waals surface area contributed by atoms with Gasteiger partial charge >= 0.3 is 20.1 Å². The van der Waals surface area contributed by atoms with Gasteiger partial charge in [-0.15, -0.1) is 59.4 Å². The molecular formula is C67H63IrN4O3Si. The third-order valence-corrected chi connectivity index (χ3v) is 15.8. The fourth-order valence-corrected chi connectivity index (χ4v) is 10.4. The van der Waals surface area contributed by atoms with Crippen LogP contribution in [0.25, 0.3) is 72.0 Å². The fourth-order valence-electron chi connectivity index (χ4n) is 9.33. The van der Waals surface area contributed by atoms with E-state index in [-0.39, 0.29) is 48.8 Å². The standard InChI is InChI=1S/C52H47N3O.C15H16NO2Si.Ir/c1-33(2)46-27-40(36-17-12-9-13-18-36)28-47(34(3)4)49(46)55(42-30-41(31-54-32-42)52(5,6)7)51(53)45-20-14-19-44-43-26-25-39(29-48(43)56-50(44)45)38-23-21-37(22-24-38)35-15-10-8-11-16-35;1-19(2,3)13-8-9-14(16-10-13)11-4-6-12(7-5-11)15(17)18;/h8-19,21-34H,1-7H3;4,6-10H,1-3H3,(H,17,18);/q-2;-1;+3. The summed E-state index contributed by atoms with van der Waals surface area (Å²) in [6.07, 6.45) is 5.68. The van der Waals surface area contributed by atoms with Crippen LogP contribution in [-0.4, -0.2) is 35.0 Å². The molecule has 0 bridgehead atoms. The predicted octanol–water partition coefficient (Wildman–Crippen LogP) is 17.3. The molecule has 10 rings (SSSR count). The van der Waals surface area contributed by atoms with Gasteiger partial charge < -0.3 is 24.8 Å². The van der Waals surface area contributed by atoms with Gasteiger partial charge in [0.2, 0.25) is 0 Å². The summed E-state index contributed by atoms with van der Waals surface area (Å²) in [7, 11) is -1.33. The average molecular weight is 1190 g/mol. The van der Waals surface area contributed by atoms with Gasteiger partial charge in [-0.2, -0.15) is 0 Å². The number of benzene rings is 7. The molecule has 76 heavy (non-hydrogen) atoms. The van der Waals surface area contributed by atoms with Crippen LogP contribution < -0.4 is 10.1 Å². The Bertz CT molecular complexity index is 3620. The summed E-state index contributed by atoms with van der Waals surface area (Å²) in [6, 6.07) is 61.8. The number of rotatable bonds is 11. The summed E-state index contributed by atoms with van der Waals surface area (Å²) in [5.41, 5.74) is 15.4. The Hall–Kier alpha value is -7.55. The van der Waals surface area contributed by atoms with Crippen LogP contribution in [0.4, 0.5) is 11.4 Å². The summed E-state index contributed by atoms with van der Waals surface area (Å²) in [6.45, 7) is 22.3. The number of anilines is 2. The van der Waals surface area contributed by atoms with Gasteiger partial charge in [-0.3, -0.25) is 9.78 Å². The molecule has 3 aromatic heterocycles. The number of hydrogen-bond donors (Lipinski definition) is 1. The van der Waals surface area contributed by atoms with Gasteiger partial charge in [0.15, 0.2) is 0 Å². The van der Waals surface area contributed by atoms with E-state index >= 15 is 0 Å². The number of carboxylic acids is 1. The number of carboxylic acid groups (broad SMARTS) is 1. The Balaban J connectivity index is 0.000000323. The van der Waals surface area contributed by atoms with Crippen molar-refractivity contribution in [3.05, 3.63) is 228 Å². The van der Waals surface area contributed by atoms with E-state index in [1.54, 1.807) is 12.1 Å². The van der Waals surface area contributed by atoms with E-state index in [4.69, 9.17) is 14.5 Å². The molecule has 0 aliphatic rings. The zero-order valence-corrected chi connectivity index (χ0v) is 48.3. The predicted molar refractivity (Wildman–Crippen MR) is 314 cm³/mol. The van der Waals surface area contributed by atoms with E-state index in [1.807, 2.05) is 53.8 Å². The monoisotopic (exact) mass is 1190 g/mol. The smallest absolute Gasteiger partial charge is 0.520 e. The molecule has 0 radical (unpaired) electrons. The second kappa shape index (κ2) is 22.7. The van der Waals surface area contributed by atoms with Crippen LogP contribution in [-0.2, 0) is 25.5 Å². The third-order valence-electron chi connectivity index (χ3n) is 13.8. The van der Waals surface area contributed by atoms with E-state index in [0.29, 0.717) is 11.1 Å². The quantitative estimate of drug-likeness (QED) is 0.0599. The number of aromatic nitrogens is 2. The van der Waals surface area contributed by atoms with Gasteiger partial charge in [0.05, 0.1) is 8.07 Å². The molecule has 0 saturated heterocycles. The molecule has 3 heterocycles. The normalized spacial score (nSPS) is 11.6. The van der Waals surface area contributed by atoms with Gasteiger partial charge in [-0.1, -0.05) is 201 Å². The number of nitrogens with zero attached hydrogens (tertiary/aromatic N) is 4.